The van der Waals surface area contributed by atoms with Crippen LogP contribution in [-0.2, 0) is 10.0 Å². The van der Waals surface area contributed by atoms with Crippen molar-refractivity contribution >= 4 is 21.6 Å². The number of ketones is 1. The van der Waals surface area contributed by atoms with Crippen LogP contribution in [0.1, 0.15) is 23.7 Å². The van der Waals surface area contributed by atoms with Crippen LogP contribution in [0.4, 0.5) is 5.82 Å². The molecule has 6 nitrogen and oxygen atoms in total. The molecule has 100 valence electrons. The number of aromatic nitrogens is 1. The van der Waals surface area contributed by atoms with Gasteiger partial charge in [-0.1, -0.05) is 24.2 Å². The number of Topliss-reactive ketones (excluding diaryl/α,β-unsaturated/α-hetero) is 1. The number of carbonyl (C=O) groups is 1. The molecule has 7 heteroatoms. The van der Waals surface area contributed by atoms with Crippen LogP contribution in [0.2, 0.25) is 0 Å². The van der Waals surface area contributed by atoms with Crippen LogP contribution in [0, 0.1) is 0 Å². The van der Waals surface area contributed by atoms with Crippen molar-refractivity contribution in [2.45, 2.75) is 18.2 Å². The zero-order valence-electron chi connectivity index (χ0n) is 10.2. The zero-order chi connectivity index (χ0) is 13.9. The Bertz CT molecular complexity index is 678. The van der Waals surface area contributed by atoms with Gasteiger partial charge in [0.2, 0.25) is 0 Å². The van der Waals surface area contributed by atoms with Gasteiger partial charge >= 0.3 is 0 Å². The molecule has 0 bridgehead atoms. The summed E-state index contributed by atoms with van der Waals surface area (Å²) < 4.78 is 30.9. The van der Waals surface area contributed by atoms with Gasteiger partial charge in [0.15, 0.2) is 11.6 Å². The van der Waals surface area contributed by atoms with E-state index < -0.39 is 10.0 Å². The molecule has 0 spiro atoms. The minimum Gasteiger partial charge on any atom is -0.363 e. The van der Waals surface area contributed by atoms with Gasteiger partial charge in [0, 0.05) is 18.1 Å². The molecule has 0 aliphatic heterocycles. The summed E-state index contributed by atoms with van der Waals surface area (Å²) >= 11 is 0. The Morgan fingerprint density at radius 1 is 1.37 bits per heavy atom. The number of carbonyl (C=O) groups excluding carboxylic acids is 1. The molecular weight excluding hydrogens is 268 g/mol. The maximum atomic E-state index is 12.1. The van der Waals surface area contributed by atoms with Gasteiger partial charge < -0.3 is 4.52 Å². The van der Waals surface area contributed by atoms with Crippen LogP contribution < -0.4 is 4.72 Å². The molecule has 0 unspecified atom stereocenters. The monoisotopic (exact) mass is 280 g/mol. The lowest BCUT2D eigenvalue weighted by atomic mass is 10.1. The highest BCUT2D eigenvalue weighted by Gasteiger charge is 2.17. The molecule has 0 radical (unpaired) electrons. The van der Waals surface area contributed by atoms with E-state index in [-0.39, 0.29) is 16.5 Å². The molecular formula is C12H12N2O4S. The summed E-state index contributed by atoms with van der Waals surface area (Å²) in [6, 6.07) is 7.25. The lowest BCUT2D eigenvalue weighted by Crippen LogP contribution is -2.13. The number of sulfonamides is 1. The predicted molar refractivity (Wildman–Crippen MR) is 68.4 cm³/mol. The highest BCUT2D eigenvalue weighted by atomic mass is 32.2. The third kappa shape index (κ3) is 3.00. The van der Waals surface area contributed by atoms with Crippen LogP contribution in [0.5, 0.6) is 0 Å². The van der Waals surface area contributed by atoms with E-state index in [0.717, 1.165) is 0 Å². The minimum absolute atomic E-state index is 0.00907. The fourth-order valence-electron chi connectivity index (χ4n) is 1.50. The van der Waals surface area contributed by atoms with E-state index in [1.807, 2.05) is 0 Å². The second-order valence-electron chi connectivity index (χ2n) is 3.79. The van der Waals surface area contributed by atoms with E-state index in [1.54, 1.807) is 13.0 Å². The first-order valence-electron chi connectivity index (χ1n) is 5.59. The van der Waals surface area contributed by atoms with Gasteiger partial charge in [-0.15, -0.1) is 0 Å². The van der Waals surface area contributed by atoms with Crippen molar-refractivity contribution in [3.63, 3.8) is 0 Å². The third-order valence-electron chi connectivity index (χ3n) is 2.46. The summed E-state index contributed by atoms with van der Waals surface area (Å²) in [6.45, 7) is 1.72. The van der Waals surface area contributed by atoms with Crippen molar-refractivity contribution in [3.05, 3.63) is 42.2 Å². The maximum absolute atomic E-state index is 12.1. The predicted octanol–water partition coefficient (Wildman–Crippen LogP) is 2.07. The molecule has 0 aliphatic rings. The van der Waals surface area contributed by atoms with Gasteiger partial charge in [-0.3, -0.25) is 9.52 Å². The molecule has 0 amide bonds. The number of nitrogens with zero attached hydrogens (tertiary/aromatic N) is 1. The first-order valence-corrected chi connectivity index (χ1v) is 7.07. The molecule has 19 heavy (non-hydrogen) atoms. The molecule has 2 rings (SSSR count). The number of hydrogen-bond donors (Lipinski definition) is 1. The van der Waals surface area contributed by atoms with E-state index in [2.05, 4.69) is 14.4 Å². The van der Waals surface area contributed by atoms with E-state index >= 15 is 0 Å². The number of hydrogen-bond acceptors (Lipinski definition) is 5. The summed E-state index contributed by atoms with van der Waals surface area (Å²) in [7, 11) is -3.77. The van der Waals surface area contributed by atoms with Crippen LogP contribution in [0.15, 0.2) is 46.0 Å². The lowest BCUT2D eigenvalue weighted by Gasteiger charge is -2.06. The van der Waals surface area contributed by atoms with Gasteiger partial charge in [-0.05, 0) is 12.1 Å². The Hall–Kier alpha value is -2.15. The average molecular weight is 280 g/mol. The van der Waals surface area contributed by atoms with Crippen LogP contribution in [0.25, 0.3) is 0 Å². The first kappa shape index (κ1) is 13.3. The maximum Gasteiger partial charge on any atom is 0.263 e. The van der Waals surface area contributed by atoms with E-state index in [4.69, 9.17) is 0 Å². The van der Waals surface area contributed by atoms with Crippen molar-refractivity contribution in [1.82, 2.24) is 5.16 Å². The Morgan fingerprint density at radius 3 is 2.79 bits per heavy atom. The standard InChI is InChI=1S/C12H12N2O4S/c1-2-11(15)9-4-3-5-10(8-9)19(16,17)14-12-6-7-18-13-12/h3-8H,2H2,1H3,(H,13,14). The number of rotatable bonds is 5. The number of benzene rings is 1. The Balaban J connectivity index is 2.33. The molecule has 1 aromatic heterocycles. The minimum atomic E-state index is -3.77. The second kappa shape index (κ2) is 5.23. The fraction of sp³-hybridized carbons (Fsp3) is 0.167. The molecule has 1 aromatic carbocycles. The number of nitrogens with one attached hydrogen (secondary N) is 1. The van der Waals surface area contributed by atoms with Gasteiger partial charge in [-0.2, -0.15) is 0 Å². The van der Waals surface area contributed by atoms with Crippen LogP contribution in [-0.4, -0.2) is 19.4 Å². The molecule has 0 aliphatic carbocycles. The SMILES string of the molecule is CCC(=O)c1cccc(S(=O)(=O)Nc2ccon2)c1. The van der Waals surface area contributed by atoms with Gasteiger partial charge in [0.1, 0.15) is 6.26 Å². The van der Waals surface area contributed by atoms with Crippen molar-refractivity contribution in [1.29, 1.82) is 0 Å². The number of anilines is 1. The van der Waals surface area contributed by atoms with E-state index in [9.17, 15) is 13.2 Å². The smallest absolute Gasteiger partial charge is 0.263 e. The Morgan fingerprint density at radius 2 is 2.16 bits per heavy atom. The average Bonchev–Trinajstić information content (AvgIpc) is 2.90. The van der Waals surface area contributed by atoms with Gasteiger partial charge in [0.05, 0.1) is 4.90 Å². The Labute approximate surface area is 110 Å². The molecule has 0 saturated carbocycles. The zero-order valence-corrected chi connectivity index (χ0v) is 11.0. The molecule has 0 saturated heterocycles. The van der Waals surface area contributed by atoms with Gasteiger partial charge in [0.25, 0.3) is 10.0 Å². The van der Waals surface area contributed by atoms with Gasteiger partial charge in [-0.25, -0.2) is 8.42 Å². The van der Waals surface area contributed by atoms with Crippen molar-refractivity contribution in [3.8, 4) is 0 Å². The Kier molecular flexibility index (Phi) is 3.66. The third-order valence-corrected chi connectivity index (χ3v) is 3.82. The first-order chi connectivity index (χ1) is 9.03. The molecule has 2 aromatic rings. The topological polar surface area (TPSA) is 89.3 Å². The molecule has 0 fully saturated rings. The van der Waals surface area contributed by atoms with E-state index in [1.165, 1.54) is 30.5 Å². The van der Waals surface area contributed by atoms with E-state index in [0.29, 0.717) is 12.0 Å². The molecule has 1 N–H and O–H groups in total. The summed E-state index contributed by atoms with van der Waals surface area (Å²) in [6.07, 6.45) is 1.58. The highest BCUT2D eigenvalue weighted by Crippen LogP contribution is 2.16. The second-order valence-corrected chi connectivity index (χ2v) is 5.48. The van der Waals surface area contributed by atoms with Crippen molar-refractivity contribution in [2.24, 2.45) is 0 Å². The lowest BCUT2D eigenvalue weighted by molar-refractivity contribution is 0.0988. The van der Waals surface area contributed by atoms with Crippen molar-refractivity contribution in [2.75, 3.05) is 4.72 Å². The summed E-state index contributed by atoms with van der Waals surface area (Å²) in [5.74, 6) is -0.0225. The summed E-state index contributed by atoms with van der Waals surface area (Å²) in [5.41, 5.74) is 0.366. The largest absolute Gasteiger partial charge is 0.363 e. The fourth-order valence-corrected chi connectivity index (χ4v) is 2.54. The normalized spacial score (nSPS) is 11.2. The highest BCUT2D eigenvalue weighted by molar-refractivity contribution is 7.92. The quantitative estimate of drug-likeness (QED) is 0.847. The van der Waals surface area contributed by atoms with Crippen LogP contribution >= 0.6 is 0 Å². The summed E-state index contributed by atoms with van der Waals surface area (Å²) in [4.78, 5) is 11.6. The summed E-state index contributed by atoms with van der Waals surface area (Å²) in [5, 5.41) is 3.47. The van der Waals surface area contributed by atoms with Crippen molar-refractivity contribution < 1.29 is 17.7 Å². The molecule has 1 heterocycles. The van der Waals surface area contributed by atoms with Crippen LogP contribution in [0.3, 0.4) is 0 Å². The molecule has 0 atom stereocenters.